The van der Waals surface area contributed by atoms with Crippen molar-refractivity contribution in [2.75, 3.05) is 23.9 Å². The second-order valence-corrected chi connectivity index (χ2v) is 7.73. The highest BCUT2D eigenvalue weighted by molar-refractivity contribution is 6.46. The van der Waals surface area contributed by atoms with Crippen molar-refractivity contribution in [3.8, 4) is 11.5 Å². The zero-order valence-corrected chi connectivity index (χ0v) is 18.9. The summed E-state index contributed by atoms with van der Waals surface area (Å²) in [6, 6.07) is 21.9. The van der Waals surface area contributed by atoms with Gasteiger partial charge < -0.3 is 14.8 Å². The minimum Gasteiger partial charge on any atom is -0.495 e. The SMILES string of the molecule is CCCOc1cccc(NC2=C(c3ccc(C)cc3)C(=O)N(c3ccccc3OC)C2=O)c1. The molecule has 33 heavy (non-hydrogen) atoms. The van der Waals surface area contributed by atoms with E-state index in [4.69, 9.17) is 9.47 Å². The Morgan fingerprint density at radius 1 is 0.909 bits per heavy atom. The molecule has 4 rings (SSSR count). The predicted octanol–water partition coefficient (Wildman–Crippen LogP) is 5.19. The maximum Gasteiger partial charge on any atom is 0.282 e. The molecule has 1 heterocycles. The summed E-state index contributed by atoms with van der Waals surface area (Å²) in [6.07, 6.45) is 0.890. The van der Waals surface area contributed by atoms with E-state index in [1.54, 1.807) is 24.3 Å². The molecule has 3 aromatic carbocycles. The van der Waals surface area contributed by atoms with Crippen LogP contribution in [0.1, 0.15) is 24.5 Å². The van der Waals surface area contributed by atoms with Crippen LogP contribution in [0, 0.1) is 6.92 Å². The predicted molar refractivity (Wildman–Crippen MR) is 129 cm³/mol. The molecule has 0 fully saturated rings. The highest BCUT2D eigenvalue weighted by Gasteiger charge is 2.41. The molecule has 1 aliphatic rings. The smallest absolute Gasteiger partial charge is 0.282 e. The zero-order chi connectivity index (χ0) is 23.4. The van der Waals surface area contributed by atoms with E-state index in [0.29, 0.717) is 40.6 Å². The number of para-hydroxylation sites is 2. The first-order valence-corrected chi connectivity index (χ1v) is 10.9. The molecular weight excluding hydrogens is 416 g/mol. The van der Waals surface area contributed by atoms with Crippen molar-refractivity contribution in [1.29, 1.82) is 0 Å². The van der Waals surface area contributed by atoms with E-state index in [1.165, 1.54) is 7.11 Å². The van der Waals surface area contributed by atoms with E-state index in [2.05, 4.69) is 5.32 Å². The number of carbonyl (C=O) groups is 2. The van der Waals surface area contributed by atoms with Gasteiger partial charge >= 0.3 is 0 Å². The Balaban J connectivity index is 1.78. The van der Waals surface area contributed by atoms with E-state index >= 15 is 0 Å². The normalized spacial score (nSPS) is 13.5. The number of ether oxygens (including phenoxy) is 2. The van der Waals surface area contributed by atoms with Gasteiger partial charge in [0.25, 0.3) is 11.8 Å². The molecule has 0 unspecified atom stereocenters. The number of nitrogens with one attached hydrogen (secondary N) is 1. The number of hydrogen-bond donors (Lipinski definition) is 1. The molecule has 0 saturated carbocycles. The monoisotopic (exact) mass is 442 g/mol. The fraction of sp³-hybridized carbons (Fsp3) is 0.185. The molecular formula is C27H26N2O4. The van der Waals surface area contributed by atoms with Crippen LogP contribution in [0.15, 0.2) is 78.5 Å². The quantitative estimate of drug-likeness (QED) is 0.487. The summed E-state index contributed by atoms with van der Waals surface area (Å²) >= 11 is 0. The van der Waals surface area contributed by atoms with Crippen molar-refractivity contribution in [2.24, 2.45) is 0 Å². The summed E-state index contributed by atoms with van der Waals surface area (Å²) in [5, 5.41) is 3.19. The Morgan fingerprint density at radius 2 is 1.67 bits per heavy atom. The second kappa shape index (κ2) is 9.61. The molecule has 168 valence electrons. The fourth-order valence-electron chi connectivity index (χ4n) is 3.69. The van der Waals surface area contributed by atoms with Gasteiger partial charge in [0.05, 0.1) is 25.0 Å². The van der Waals surface area contributed by atoms with E-state index < -0.39 is 11.8 Å². The Bertz CT molecular complexity index is 1210. The molecule has 0 bridgehead atoms. The molecule has 1 aliphatic heterocycles. The van der Waals surface area contributed by atoms with Crippen LogP contribution < -0.4 is 19.7 Å². The van der Waals surface area contributed by atoms with Crippen LogP contribution in [-0.2, 0) is 9.59 Å². The third-order valence-corrected chi connectivity index (χ3v) is 5.33. The summed E-state index contributed by atoms with van der Waals surface area (Å²) in [7, 11) is 1.51. The van der Waals surface area contributed by atoms with Gasteiger partial charge in [0.1, 0.15) is 17.2 Å². The largest absolute Gasteiger partial charge is 0.495 e. The number of anilines is 2. The lowest BCUT2D eigenvalue weighted by molar-refractivity contribution is -0.120. The average molecular weight is 443 g/mol. The molecule has 6 nitrogen and oxygen atoms in total. The number of benzene rings is 3. The Hall–Kier alpha value is -4.06. The van der Waals surface area contributed by atoms with Gasteiger partial charge in [-0.3, -0.25) is 9.59 Å². The number of amides is 2. The minimum absolute atomic E-state index is 0.211. The van der Waals surface area contributed by atoms with Crippen LogP contribution >= 0.6 is 0 Å². The molecule has 1 N–H and O–H groups in total. The lowest BCUT2D eigenvalue weighted by atomic mass is 10.0. The third kappa shape index (κ3) is 4.46. The summed E-state index contributed by atoms with van der Waals surface area (Å²) in [4.78, 5) is 28.4. The highest BCUT2D eigenvalue weighted by Crippen LogP contribution is 2.38. The van der Waals surface area contributed by atoms with Crippen molar-refractivity contribution in [2.45, 2.75) is 20.3 Å². The van der Waals surface area contributed by atoms with Crippen molar-refractivity contribution >= 4 is 28.8 Å². The van der Waals surface area contributed by atoms with Crippen LogP contribution in [0.3, 0.4) is 0 Å². The van der Waals surface area contributed by atoms with Crippen molar-refractivity contribution in [1.82, 2.24) is 0 Å². The van der Waals surface area contributed by atoms with Crippen LogP contribution in [0.5, 0.6) is 11.5 Å². The second-order valence-electron chi connectivity index (χ2n) is 7.73. The summed E-state index contributed by atoms with van der Waals surface area (Å²) in [6.45, 7) is 4.61. The van der Waals surface area contributed by atoms with Crippen molar-refractivity contribution in [3.63, 3.8) is 0 Å². The number of methoxy groups -OCH3 is 1. The van der Waals surface area contributed by atoms with Gasteiger partial charge in [0, 0.05) is 11.8 Å². The van der Waals surface area contributed by atoms with Gasteiger partial charge in [0.2, 0.25) is 0 Å². The molecule has 0 aliphatic carbocycles. The van der Waals surface area contributed by atoms with Gasteiger partial charge in [-0.05, 0) is 43.2 Å². The molecule has 0 spiro atoms. The molecule has 3 aromatic rings. The molecule has 2 amide bonds. The Labute approximate surface area is 193 Å². The van der Waals surface area contributed by atoms with Crippen molar-refractivity contribution in [3.05, 3.63) is 89.6 Å². The van der Waals surface area contributed by atoms with Crippen LogP contribution in [0.4, 0.5) is 11.4 Å². The number of rotatable bonds is 8. The maximum atomic E-state index is 13.6. The summed E-state index contributed by atoms with van der Waals surface area (Å²) in [5.41, 5.74) is 3.31. The van der Waals surface area contributed by atoms with E-state index in [9.17, 15) is 9.59 Å². The number of nitrogens with zero attached hydrogens (tertiary/aromatic N) is 1. The van der Waals surface area contributed by atoms with Gasteiger partial charge in [-0.15, -0.1) is 0 Å². The minimum atomic E-state index is -0.444. The topological polar surface area (TPSA) is 67.9 Å². The van der Waals surface area contributed by atoms with E-state index in [-0.39, 0.29) is 5.70 Å². The average Bonchev–Trinajstić information content (AvgIpc) is 3.07. The van der Waals surface area contributed by atoms with Gasteiger partial charge in [-0.25, -0.2) is 4.90 Å². The highest BCUT2D eigenvalue weighted by atomic mass is 16.5. The first-order chi connectivity index (χ1) is 16.0. The van der Waals surface area contributed by atoms with Gasteiger partial charge in [0.15, 0.2) is 0 Å². The van der Waals surface area contributed by atoms with Gasteiger partial charge in [-0.2, -0.15) is 0 Å². The van der Waals surface area contributed by atoms with Gasteiger partial charge in [-0.1, -0.05) is 55.0 Å². The molecule has 6 heteroatoms. The van der Waals surface area contributed by atoms with E-state index in [1.807, 2.05) is 62.4 Å². The first kappa shape index (κ1) is 22.1. The lowest BCUT2D eigenvalue weighted by Gasteiger charge is -2.18. The first-order valence-electron chi connectivity index (χ1n) is 10.9. The standard InChI is InChI=1S/C27H26N2O4/c1-4-16-33-21-9-7-8-20(17-21)28-25-24(19-14-12-18(2)13-15-19)26(30)29(27(25)31)22-10-5-6-11-23(22)32-3/h5-15,17,28H,4,16H2,1-3H3. The van der Waals surface area contributed by atoms with Crippen LogP contribution in [0.2, 0.25) is 0 Å². The van der Waals surface area contributed by atoms with Crippen LogP contribution in [0.25, 0.3) is 5.57 Å². The molecule has 0 atom stereocenters. The fourth-order valence-corrected chi connectivity index (χ4v) is 3.69. The number of aryl methyl sites for hydroxylation is 1. The number of imide groups is 1. The van der Waals surface area contributed by atoms with Crippen molar-refractivity contribution < 1.29 is 19.1 Å². The maximum absolute atomic E-state index is 13.6. The summed E-state index contributed by atoms with van der Waals surface area (Å²) < 4.78 is 11.1. The Morgan fingerprint density at radius 3 is 2.39 bits per heavy atom. The molecule has 0 saturated heterocycles. The summed E-state index contributed by atoms with van der Waals surface area (Å²) in [5.74, 6) is 0.283. The number of carbonyl (C=O) groups excluding carboxylic acids is 2. The van der Waals surface area contributed by atoms with E-state index in [0.717, 1.165) is 16.9 Å². The molecule has 0 aromatic heterocycles. The lowest BCUT2D eigenvalue weighted by Crippen LogP contribution is -2.32. The van der Waals surface area contributed by atoms with Crippen LogP contribution in [-0.4, -0.2) is 25.5 Å². The third-order valence-electron chi connectivity index (χ3n) is 5.33. The zero-order valence-electron chi connectivity index (χ0n) is 18.9. The molecule has 0 radical (unpaired) electrons. The Kier molecular flexibility index (Phi) is 6.45. The number of hydrogen-bond acceptors (Lipinski definition) is 5.